The van der Waals surface area contributed by atoms with Crippen molar-refractivity contribution in [1.82, 2.24) is 9.88 Å². The van der Waals surface area contributed by atoms with Crippen LogP contribution >= 0.6 is 35.5 Å². The maximum Gasteiger partial charge on any atom is 0.260 e. The Kier molecular flexibility index (Phi) is 8.57. The molecule has 1 saturated heterocycles. The fourth-order valence-corrected chi connectivity index (χ4v) is 5.08. The lowest BCUT2D eigenvalue weighted by atomic mass is 10.2. The third kappa shape index (κ3) is 5.51. The molecule has 1 aliphatic heterocycles. The van der Waals surface area contributed by atoms with Crippen molar-refractivity contribution in [2.24, 2.45) is 0 Å². The van der Waals surface area contributed by atoms with E-state index in [-0.39, 0.29) is 18.3 Å². The number of rotatable bonds is 7. The van der Waals surface area contributed by atoms with E-state index in [9.17, 15) is 4.79 Å². The Hall–Kier alpha value is -1.84. The molecule has 0 aliphatic carbocycles. The van der Waals surface area contributed by atoms with Crippen molar-refractivity contribution in [3.8, 4) is 5.75 Å². The molecule has 0 bridgehead atoms. The summed E-state index contributed by atoms with van der Waals surface area (Å²) in [7, 11) is 1.62. The minimum atomic E-state index is -0.0457. The predicted molar refractivity (Wildman–Crippen MR) is 131 cm³/mol. The summed E-state index contributed by atoms with van der Waals surface area (Å²) in [6.45, 7) is 4.63. The van der Waals surface area contributed by atoms with Gasteiger partial charge in [-0.25, -0.2) is 4.98 Å². The number of carbonyl (C=O) groups excluding carboxylic acids is 1. The number of thioether (sulfide) groups is 1. The number of morpholine rings is 1. The molecule has 2 heterocycles. The predicted octanol–water partition coefficient (Wildman–Crippen LogP) is 4.43. The summed E-state index contributed by atoms with van der Waals surface area (Å²) in [5, 5.41) is 0.737. The van der Waals surface area contributed by atoms with E-state index < -0.39 is 0 Å². The van der Waals surface area contributed by atoms with Gasteiger partial charge < -0.3 is 9.47 Å². The summed E-state index contributed by atoms with van der Waals surface area (Å²) in [4.78, 5) is 23.6. The van der Waals surface area contributed by atoms with Crippen LogP contribution < -0.4 is 9.64 Å². The number of hydrogen-bond acceptors (Lipinski definition) is 7. The number of fused-ring (bicyclic) bond motifs is 1. The van der Waals surface area contributed by atoms with Crippen LogP contribution in [0.25, 0.3) is 10.2 Å². The summed E-state index contributed by atoms with van der Waals surface area (Å²) in [6, 6.07) is 13.4. The summed E-state index contributed by atoms with van der Waals surface area (Å²) >= 11 is 3.24. The molecule has 3 aromatic rings. The monoisotopic (exact) mass is 479 g/mol. The van der Waals surface area contributed by atoms with Gasteiger partial charge in [0.15, 0.2) is 5.13 Å². The van der Waals surface area contributed by atoms with E-state index >= 15 is 0 Å². The molecule has 0 atom stereocenters. The van der Waals surface area contributed by atoms with Gasteiger partial charge in [0.05, 0.1) is 30.5 Å². The Morgan fingerprint density at radius 2 is 1.97 bits per heavy atom. The molecule has 166 valence electrons. The van der Waals surface area contributed by atoms with Gasteiger partial charge in [0, 0.05) is 36.6 Å². The molecule has 0 spiro atoms. The molecule has 0 N–H and O–H groups in total. The van der Waals surface area contributed by atoms with Crippen molar-refractivity contribution in [1.29, 1.82) is 0 Å². The largest absolute Gasteiger partial charge is 0.497 e. The van der Waals surface area contributed by atoms with Crippen LogP contribution in [0.2, 0.25) is 0 Å². The SMILES string of the molecule is COc1ccc(C(=O)N(CCN2CCOCC2)c2nc3c(SC)cccc3s2)cc1.Cl. The number of hydrogen-bond donors (Lipinski definition) is 0. The molecule has 4 rings (SSSR count). The molecule has 6 nitrogen and oxygen atoms in total. The second-order valence-corrected chi connectivity index (χ2v) is 8.80. The van der Waals surface area contributed by atoms with Gasteiger partial charge in [-0.05, 0) is 42.7 Å². The van der Waals surface area contributed by atoms with Crippen molar-refractivity contribution in [3.63, 3.8) is 0 Å². The maximum absolute atomic E-state index is 13.5. The Bertz CT molecular complexity index is 1010. The van der Waals surface area contributed by atoms with Crippen LogP contribution in [0.3, 0.4) is 0 Å². The smallest absolute Gasteiger partial charge is 0.260 e. The number of benzene rings is 2. The molecule has 0 saturated carbocycles. The molecule has 31 heavy (non-hydrogen) atoms. The van der Waals surface area contributed by atoms with Crippen LogP contribution in [-0.4, -0.2) is 68.5 Å². The number of halogens is 1. The molecule has 1 amide bonds. The zero-order valence-corrected chi connectivity index (χ0v) is 20.0. The van der Waals surface area contributed by atoms with E-state index in [0.29, 0.717) is 12.1 Å². The minimum absolute atomic E-state index is 0. The average Bonchev–Trinajstić information content (AvgIpc) is 3.24. The molecule has 1 fully saturated rings. The van der Waals surface area contributed by atoms with E-state index in [1.54, 1.807) is 30.2 Å². The van der Waals surface area contributed by atoms with E-state index in [1.165, 1.54) is 0 Å². The second kappa shape index (κ2) is 11.2. The quantitative estimate of drug-likeness (QED) is 0.467. The summed E-state index contributed by atoms with van der Waals surface area (Å²) < 4.78 is 11.8. The van der Waals surface area contributed by atoms with Crippen molar-refractivity contribution < 1.29 is 14.3 Å². The molecule has 9 heteroatoms. The fourth-order valence-electron chi connectivity index (χ4n) is 3.43. The van der Waals surface area contributed by atoms with Crippen LogP contribution in [0.1, 0.15) is 10.4 Å². The van der Waals surface area contributed by atoms with Crippen LogP contribution in [0, 0.1) is 0 Å². The first-order valence-electron chi connectivity index (χ1n) is 9.89. The molecular formula is C22H26ClN3O3S2. The standard InChI is InChI=1S/C22H25N3O3S2.ClH/c1-27-17-8-6-16(7-9-17)21(26)25(11-10-24-12-14-28-15-13-24)22-23-20-18(29-2)4-3-5-19(20)30-22;/h3-9H,10-15H2,1-2H3;1H. The number of ether oxygens (including phenoxy) is 2. The number of amides is 1. The van der Waals surface area contributed by atoms with E-state index in [1.807, 2.05) is 41.5 Å². The minimum Gasteiger partial charge on any atom is -0.497 e. The van der Waals surface area contributed by atoms with Gasteiger partial charge in [-0.1, -0.05) is 17.4 Å². The van der Waals surface area contributed by atoms with Crippen LogP contribution in [0.4, 0.5) is 5.13 Å². The van der Waals surface area contributed by atoms with E-state index in [0.717, 1.165) is 58.8 Å². The Morgan fingerprint density at radius 1 is 1.23 bits per heavy atom. The summed E-state index contributed by atoms with van der Waals surface area (Å²) in [5.74, 6) is 0.687. The van der Waals surface area contributed by atoms with Gasteiger partial charge in [-0.15, -0.1) is 24.2 Å². The van der Waals surface area contributed by atoms with Crippen molar-refractivity contribution >= 4 is 56.8 Å². The molecular weight excluding hydrogens is 454 g/mol. The van der Waals surface area contributed by atoms with Crippen molar-refractivity contribution in [2.45, 2.75) is 4.90 Å². The molecule has 1 aromatic heterocycles. The molecule has 1 aliphatic rings. The number of anilines is 1. The molecule has 2 aromatic carbocycles. The Balaban J connectivity index is 0.00000272. The fraction of sp³-hybridized carbons (Fsp3) is 0.364. The molecule has 0 radical (unpaired) electrons. The van der Waals surface area contributed by atoms with Crippen LogP contribution in [0.5, 0.6) is 5.75 Å². The third-order valence-electron chi connectivity index (χ3n) is 5.15. The van der Waals surface area contributed by atoms with Crippen molar-refractivity contribution in [2.75, 3.05) is 57.7 Å². The second-order valence-electron chi connectivity index (χ2n) is 6.94. The van der Waals surface area contributed by atoms with Crippen LogP contribution in [-0.2, 0) is 4.74 Å². The number of para-hydroxylation sites is 1. The van der Waals surface area contributed by atoms with Gasteiger partial charge in [-0.3, -0.25) is 14.6 Å². The third-order valence-corrected chi connectivity index (χ3v) is 6.96. The number of nitrogens with zero attached hydrogens (tertiary/aromatic N) is 3. The van der Waals surface area contributed by atoms with Crippen molar-refractivity contribution in [3.05, 3.63) is 48.0 Å². The highest BCUT2D eigenvalue weighted by Crippen LogP contribution is 2.34. The highest BCUT2D eigenvalue weighted by Gasteiger charge is 2.23. The maximum atomic E-state index is 13.5. The normalized spacial score (nSPS) is 14.3. The Morgan fingerprint density at radius 3 is 2.65 bits per heavy atom. The van der Waals surface area contributed by atoms with Gasteiger partial charge >= 0.3 is 0 Å². The lowest BCUT2D eigenvalue weighted by Gasteiger charge is -2.29. The lowest BCUT2D eigenvalue weighted by molar-refractivity contribution is 0.0391. The first kappa shape index (κ1) is 23.8. The van der Waals surface area contributed by atoms with E-state index in [4.69, 9.17) is 14.5 Å². The van der Waals surface area contributed by atoms with Gasteiger partial charge in [0.25, 0.3) is 5.91 Å². The summed E-state index contributed by atoms with van der Waals surface area (Å²) in [5.41, 5.74) is 1.59. The van der Waals surface area contributed by atoms with E-state index in [2.05, 4.69) is 17.0 Å². The topological polar surface area (TPSA) is 54.9 Å². The van der Waals surface area contributed by atoms with Crippen LogP contribution in [0.15, 0.2) is 47.4 Å². The van der Waals surface area contributed by atoms with Gasteiger partial charge in [-0.2, -0.15) is 0 Å². The van der Waals surface area contributed by atoms with Gasteiger partial charge in [0.1, 0.15) is 5.75 Å². The first-order chi connectivity index (χ1) is 14.7. The zero-order valence-electron chi connectivity index (χ0n) is 17.6. The number of aromatic nitrogens is 1. The average molecular weight is 480 g/mol. The number of carbonyl (C=O) groups is 1. The zero-order chi connectivity index (χ0) is 20.9. The van der Waals surface area contributed by atoms with Gasteiger partial charge in [0.2, 0.25) is 0 Å². The number of thiazole rings is 1. The first-order valence-corrected chi connectivity index (χ1v) is 11.9. The highest BCUT2D eigenvalue weighted by atomic mass is 35.5. The highest BCUT2D eigenvalue weighted by molar-refractivity contribution is 7.98. The Labute approximate surface area is 196 Å². The number of methoxy groups -OCH3 is 1. The summed E-state index contributed by atoms with van der Waals surface area (Å²) in [6.07, 6.45) is 2.05. The molecule has 0 unspecified atom stereocenters. The lowest BCUT2D eigenvalue weighted by Crippen LogP contribution is -2.43.